The Hall–Kier alpha value is -3.72. The largest absolute Gasteiger partial charge is 0.489 e. The zero-order chi connectivity index (χ0) is 19.7. The molecule has 2 aromatic carbocycles. The number of nitriles is 1. The second-order valence-electron chi connectivity index (χ2n) is 6.84. The summed E-state index contributed by atoms with van der Waals surface area (Å²) in [5.74, 6) is 0.944. The predicted octanol–water partition coefficient (Wildman–Crippen LogP) is 3.82. The first-order valence-electron chi connectivity index (χ1n) is 8.97. The maximum absolute atomic E-state index is 9.61. The molecule has 2 heterocycles. The molecule has 0 amide bonds. The summed E-state index contributed by atoms with van der Waals surface area (Å²) in [6.45, 7) is 4.46. The van der Waals surface area contributed by atoms with Crippen molar-refractivity contribution < 1.29 is 9.47 Å². The highest BCUT2D eigenvalue weighted by atomic mass is 16.5. The van der Waals surface area contributed by atoms with Crippen LogP contribution in [0.25, 0.3) is 0 Å². The SMILES string of the molecule is Cc1ccc(COc2ccc(C3C(C#N)=C(N)Oc4n[nH]c(C)c43)cc2)cc1. The Balaban J connectivity index is 1.58. The molecule has 1 aromatic heterocycles. The van der Waals surface area contributed by atoms with Gasteiger partial charge in [-0.2, -0.15) is 5.26 Å². The van der Waals surface area contributed by atoms with Crippen molar-refractivity contribution in [1.82, 2.24) is 10.2 Å². The third-order valence-electron chi connectivity index (χ3n) is 4.87. The van der Waals surface area contributed by atoms with Crippen LogP contribution >= 0.6 is 0 Å². The normalized spacial score (nSPS) is 15.5. The Bertz CT molecular complexity index is 1070. The van der Waals surface area contributed by atoms with E-state index in [2.05, 4.69) is 47.5 Å². The Morgan fingerprint density at radius 1 is 1.14 bits per heavy atom. The highest BCUT2D eigenvalue weighted by Crippen LogP contribution is 2.42. The number of aromatic nitrogens is 2. The van der Waals surface area contributed by atoms with E-state index in [1.54, 1.807) is 0 Å². The minimum Gasteiger partial charge on any atom is -0.489 e. The lowest BCUT2D eigenvalue weighted by Crippen LogP contribution is -2.21. The number of fused-ring (bicyclic) bond motifs is 1. The fourth-order valence-electron chi connectivity index (χ4n) is 3.34. The van der Waals surface area contributed by atoms with Gasteiger partial charge in [0.2, 0.25) is 11.8 Å². The van der Waals surface area contributed by atoms with Crippen LogP contribution in [-0.2, 0) is 6.61 Å². The van der Waals surface area contributed by atoms with Crippen LogP contribution in [0.3, 0.4) is 0 Å². The molecular formula is C22H20N4O2. The van der Waals surface area contributed by atoms with E-state index in [0.717, 1.165) is 28.1 Å². The Labute approximate surface area is 163 Å². The van der Waals surface area contributed by atoms with E-state index < -0.39 is 0 Å². The summed E-state index contributed by atoms with van der Waals surface area (Å²) in [5, 5.41) is 16.7. The molecule has 0 spiro atoms. The van der Waals surface area contributed by atoms with Crippen LogP contribution in [0.5, 0.6) is 11.6 Å². The van der Waals surface area contributed by atoms with Crippen molar-refractivity contribution >= 4 is 0 Å². The number of nitrogens with one attached hydrogen (secondary N) is 1. The molecule has 0 bridgehead atoms. The molecule has 1 aliphatic heterocycles. The van der Waals surface area contributed by atoms with E-state index in [9.17, 15) is 5.26 Å². The van der Waals surface area contributed by atoms with Gasteiger partial charge in [-0.25, -0.2) is 0 Å². The molecule has 1 aliphatic rings. The number of nitrogens with zero attached hydrogens (tertiary/aromatic N) is 2. The van der Waals surface area contributed by atoms with Crippen molar-refractivity contribution in [2.75, 3.05) is 0 Å². The third kappa shape index (κ3) is 3.19. The lowest BCUT2D eigenvalue weighted by molar-refractivity contribution is 0.306. The van der Waals surface area contributed by atoms with Crippen molar-refractivity contribution in [1.29, 1.82) is 5.26 Å². The van der Waals surface area contributed by atoms with Gasteiger partial charge in [-0.15, -0.1) is 5.10 Å². The van der Waals surface area contributed by atoms with Crippen molar-refractivity contribution in [3.05, 3.63) is 87.9 Å². The van der Waals surface area contributed by atoms with Gasteiger partial charge in [0.05, 0.1) is 5.92 Å². The summed E-state index contributed by atoms with van der Waals surface area (Å²) in [5.41, 5.74) is 11.3. The highest BCUT2D eigenvalue weighted by Gasteiger charge is 2.34. The maximum Gasteiger partial charge on any atom is 0.244 e. The molecular weight excluding hydrogens is 352 g/mol. The molecule has 3 N–H and O–H groups in total. The number of rotatable bonds is 4. The predicted molar refractivity (Wildman–Crippen MR) is 105 cm³/mol. The Morgan fingerprint density at radius 3 is 2.54 bits per heavy atom. The number of H-pyrrole nitrogens is 1. The van der Waals surface area contributed by atoms with Gasteiger partial charge in [0.1, 0.15) is 24.0 Å². The third-order valence-corrected chi connectivity index (χ3v) is 4.87. The fraction of sp³-hybridized carbons (Fsp3) is 0.182. The summed E-state index contributed by atoms with van der Waals surface area (Å²) in [7, 11) is 0. The van der Waals surface area contributed by atoms with Crippen LogP contribution in [-0.4, -0.2) is 10.2 Å². The quantitative estimate of drug-likeness (QED) is 0.725. The molecule has 0 saturated carbocycles. The topological polar surface area (TPSA) is 96.9 Å². The van der Waals surface area contributed by atoms with Gasteiger partial charge < -0.3 is 15.2 Å². The van der Waals surface area contributed by atoms with Crippen LogP contribution < -0.4 is 15.2 Å². The smallest absolute Gasteiger partial charge is 0.244 e. The van der Waals surface area contributed by atoms with Crippen LogP contribution in [0.15, 0.2) is 60.0 Å². The number of allylic oxidation sites excluding steroid dienone is 1. The molecule has 0 fully saturated rings. The number of hydrogen-bond donors (Lipinski definition) is 2. The van der Waals surface area contributed by atoms with Gasteiger partial charge in [0, 0.05) is 11.3 Å². The number of hydrogen-bond acceptors (Lipinski definition) is 5. The van der Waals surface area contributed by atoms with Crippen LogP contribution in [0, 0.1) is 25.2 Å². The van der Waals surface area contributed by atoms with Crippen molar-refractivity contribution in [3.8, 4) is 17.7 Å². The molecule has 3 aromatic rings. The van der Waals surface area contributed by atoms with Crippen molar-refractivity contribution in [2.45, 2.75) is 26.4 Å². The van der Waals surface area contributed by atoms with Gasteiger partial charge in [-0.1, -0.05) is 42.0 Å². The van der Waals surface area contributed by atoms with E-state index >= 15 is 0 Å². The van der Waals surface area contributed by atoms with E-state index in [4.69, 9.17) is 15.2 Å². The molecule has 140 valence electrons. The summed E-state index contributed by atoms with van der Waals surface area (Å²) in [6.07, 6.45) is 0. The van der Waals surface area contributed by atoms with Crippen LogP contribution in [0.2, 0.25) is 0 Å². The number of ether oxygens (including phenoxy) is 2. The number of aromatic amines is 1. The molecule has 1 unspecified atom stereocenters. The minimum atomic E-state index is -0.321. The van der Waals surface area contributed by atoms with E-state index in [1.807, 2.05) is 31.2 Å². The van der Waals surface area contributed by atoms with Gasteiger partial charge in [0.25, 0.3) is 0 Å². The van der Waals surface area contributed by atoms with E-state index in [-0.39, 0.29) is 11.8 Å². The molecule has 0 aliphatic carbocycles. The fourth-order valence-corrected chi connectivity index (χ4v) is 3.34. The second kappa shape index (κ2) is 7.12. The Morgan fingerprint density at radius 2 is 1.86 bits per heavy atom. The van der Waals surface area contributed by atoms with Gasteiger partial charge in [-0.05, 0) is 37.1 Å². The summed E-state index contributed by atoms with van der Waals surface area (Å²) in [4.78, 5) is 0. The van der Waals surface area contributed by atoms with Crippen LogP contribution in [0.1, 0.15) is 33.9 Å². The molecule has 0 saturated heterocycles. The summed E-state index contributed by atoms with van der Waals surface area (Å²) in [6, 6.07) is 18.1. The lowest BCUT2D eigenvalue weighted by atomic mass is 9.84. The summed E-state index contributed by atoms with van der Waals surface area (Å²) >= 11 is 0. The minimum absolute atomic E-state index is 0.0891. The standard InChI is InChI=1S/C22H20N4O2/c1-13-3-5-15(6-4-13)12-27-17-9-7-16(8-10-17)20-18(11-23)21(24)28-22-19(20)14(2)25-26-22/h3-10,20H,12,24H2,1-2H3,(H,25,26). The van der Waals surface area contributed by atoms with Gasteiger partial charge in [0.15, 0.2) is 0 Å². The highest BCUT2D eigenvalue weighted by molar-refractivity contribution is 5.55. The zero-order valence-electron chi connectivity index (χ0n) is 15.7. The zero-order valence-corrected chi connectivity index (χ0v) is 15.7. The maximum atomic E-state index is 9.61. The summed E-state index contributed by atoms with van der Waals surface area (Å²) < 4.78 is 11.4. The molecule has 28 heavy (non-hydrogen) atoms. The molecule has 6 heteroatoms. The first-order valence-corrected chi connectivity index (χ1v) is 8.97. The van der Waals surface area contributed by atoms with Gasteiger partial charge >= 0.3 is 0 Å². The lowest BCUT2D eigenvalue weighted by Gasteiger charge is -2.23. The average Bonchev–Trinajstić information content (AvgIpc) is 3.07. The van der Waals surface area contributed by atoms with Crippen LogP contribution in [0.4, 0.5) is 0 Å². The molecule has 4 rings (SSSR count). The second-order valence-corrected chi connectivity index (χ2v) is 6.84. The number of aryl methyl sites for hydroxylation is 2. The van der Waals surface area contributed by atoms with Crippen molar-refractivity contribution in [3.63, 3.8) is 0 Å². The van der Waals surface area contributed by atoms with Crippen molar-refractivity contribution in [2.24, 2.45) is 5.73 Å². The Kier molecular flexibility index (Phi) is 4.50. The number of nitrogens with two attached hydrogens (primary N) is 1. The number of benzene rings is 2. The molecule has 6 nitrogen and oxygen atoms in total. The molecule has 0 radical (unpaired) electrons. The van der Waals surface area contributed by atoms with E-state index in [0.29, 0.717) is 18.1 Å². The molecule has 1 atom stereocenters. The monoisotopic (exact) mass is 372 g/mol. The average molecular weight is 372 g/mol. The first kappa shape index (κ1) is 17.7. The van der Waals surface area contributed by atoms with E-state index in [1.165, 1.54) is 5.56 Å². The van der Waals surface area contributed by atoms with Gasteiger partial charge in [-0.3, -0.25) is 5.10 Å². The first-order chi connectivity index (χ1) is 13.6.